The Morgan fingerprint density at radius 1 is 1.25 bits per heavy atom. The number of carbonyl (C=O) groups excluding carboxylic acids is 1. The van der Waals surface area contributed by atoms with Crippen LogP contribution in [-0.2, 0) is 4.79 Å². The molecule has 0 saturated carbocycles. The van der Waals surface area contributed by atoms with Crippen LogP contribution in [0.1, 0.15) is 25.7 Å². The first-order valence-electron chi connectivity index (χ1n) is 8.75. The molecule has 0 bridgehead atoms. The quantitative estimate of drug-likeness (QED) is 0.886. The summed E-state index contributed by atoms with van der Waals surface area (Å²) in [6.45, 7) is 4.89. The zero-order chi connectivity index (χ0) is 16.9. The number of piperidine rings is 1. The van der Waals surface area contributed by atoms with Crippen molar-refractivity contribution in [1.82, 2.24) is 9.80 Å². The number of benzene rings is 1. The summed E-state index contributed by atoms with van der Waals surface area (Å²) in [6.07, 6.45) is 5.00. The van der Waals surface area contributed by atoms with Crippen molar-refractivity contribution in [3.63, 3.8) is 0 Å². The molecule has 2 heterocycles. The van der Waals surface area contributed by atoms with Crippen LogP contribution < -0.4 is 10.1 Å². The SMILES string of the molecule is COc1ccc(Cl)cc1NC(=O)CN1CCC(N2CCCC2)CC1. The third-order valence-corrected chi connectivity index (χ3v) is 5.25. The highest BCUT2D eigenvalue weighted by atomic mass is 35.5. The van der Waals surface area contributed by atoms with Crippen molar-refractivity contribution >= 4 is 23.2 Å². The van der Waals surface area contributed by atoms with E-state index >= 15 is 0 Å². The van der Waals surface area contributed by atoms with Crippen molar-refractivity contribution in [2.75, 3.05) is 45.2 Å². The number of hydrogen-bond acceptors (Lipinski definition) is 4. The molecule has 1 N–H and O–H groups in total. The van der Waals surface area contributed by atoms with Crippen LogP contribution in [0.5, 0.6) is 5.75 Å². The first kappa shape index (κ1) is 17.5. The van der Waals surface area contributed by atoms with Crippen molar-refractivity contribution in [1.29, 1.82) is 0 Å². The lowest BCUT2D eigenvalue weighted by Crippen LogP contribution is -2.45. The molecule has 3 rings (SSSR count). The van der Waals surface area contributed by atoms with Gasteiger partial charge in [0.1, 0.15) is 5.75 Å². The summed E-state index contributed by atoms with van der Waals surface area (Å²) in [4.78, 5) is 17.2. The van der Waals surface area contributed by atoms with E-state index in [2.05, 4.69) is 15.1 Å². The average Bonchev–Trinajstić information content (AvgIpc) is 3.10. The Hall–Kier alpha value is -1.30. The normalized spacial score (nSPS) is 20.2. The molecule has 0 unspecified atom stereocenters. The molecule has 0 aromatic heterocycles. The molecule has 2 aliphatic rings. The van der Waals surface area contributed by atoms with Crippen LogP contribution >= 0.6 is 11.6 Å². The number of methoxy groups -OCH3 is 1. The van der Waals surface area contributed by atoms with Gasteiger partial charge in [0.15, 0.2) is 0 Å². The summed E-state index contributed by atoms with van der Waals surface area (Å²) < 4.78 is 5.27. The number of carbonyl (C=O) groups is 1. The lowest BCUT2D eigenvalue weighted by Gasteiger charge is -2.36. The van der Waals surface area contributed by atoms with Crippen molar-refractivity contribution < 1.29 is 9.53 Å². The van der Waals surface area contributed by atoms with Crippen molar-refractivity contribution in [2.24, 2.45) is 0 Å². The predicted octanol–water partition coefficient (Wildman–Crippen LogP) is 2.85. The van der Waals surface area contributed by atoms with Gasteiger partial charge in [-0.05, 0) is 57.0 Å². The van der Waals surface area contributed by atoms with Gasteiger partial charge in [0.25, 0.3) is 0 Å². The van der Waals surface area contributed by atoms with Gasteiger partial charge in [-0.1, -0.05) is 11.6 Å². The van der Waals surface area contributed by atoms with Crippen LogP contribution in [0, 0.1) is 0 Å². The summed E-state index contributed by atoms with van der Waals surface area (Å²) >= 11 is 6.01. The van der Waals surface area contributed by atoms with Crippen molar-refractivity contribution in [2.45, 2.75) is 31.7 Å². The molecule has 0 radical (unpaired) electrons. The van der Waals surface area contributed by atoms with Gasteiger partial charge in [0, 0.05) is 24.2 Å². The molecule has 0 atom stereocenters. The second-order valence-corrected chi connectivity index (χ2v) is 7.08. The molecule has 2 aliphatic heterocycles. The zero-order valence-electron chi connectivity index (χ0n) is 14.3. The highest BCUT2D eigenvalue weighted by Gasteiger charge is 2.27. The number of anilines is 1. The van der Waals surface area contributed by atoms with E-state index in [4.69, 9.17) is 16.3 Å². The molecule has 1 aromatic carbocycles. The number of halogens is 1. The van der Waals surface area contributed by atoms with E-state index in [-0.39, 0.29) is 5.91 Å². The maximum atomic E-state index is 12.3. The van der Waals surface area contributed by atoms with Gasteiger partial charge in [-0.15, -0.1) is 0 Å². The highest BCUT2D eigenvalue weighted by Crippen LogP contribution is 2.27. The highest BCUT2D eigenvalue weighted by molar-refractivity contribution is 6.31. The smallest absolute Gasteiger partial charge is 0.238 e. The minimum atomic E-state index is -0.0183. The molecule has 1 aromatic rings. The van der Waals surface area contributed by atoms with Crippen LogP contribution in [0.3, 0.4) is 0 Å². The van der Waals surface area contributed by atoms with Gasteiger partial charge in [-0.25, -0.2) is 0 Å². The van der Waals surface area contributed by atoms with E-state index in [0.717, 1.165) is 25.9 Å². The van der Waals surface area contributed by atoms with Gasteiger partial charge in [0.05, 0.1) is 19.3 Å². The van der Waals surface area contributed by atoms with Gasteiger partial charge >= 0.3 is 0 Å². The maximum Gasteiger partial charge on any atom is 0.238 e. The van der Waals surface area contributed by atoms with Gasteiger partial charge < -0.3 is 15.0 Å². The molecule has 0 aliphatic carbocycles. The molecule has 132 valence electrons. The first-order chi connectivity index (χ1) is 11.7. The number of amides is 1. The third kappa shape index (κ3) is 4.41. The Labute approximate surface area is 148 Å². The number of nitrogens with zero attached hydrogens (tertiary/aromatic N) is 2. The largest absolute Gasteiger partial charge is 0.495 e. The second kappa shape index (κ2) is 8.19. The van der Waals surface area contributed by atoms with E-state index in [1.165, 1.54) is 25.9 Å². The van der Waals surface area contributed by atoms with Crippen LogP contribution in [0.4, 0.5) is 5.69 Å². The first-order valence-corrected chi connectivity index (χ1v) is 9.13. The van der Waals surface area contributed by atoms with Crippen molar-refractivity contribution in [3.05, 3.63) is 23.2 Å². The minimum absolute atomic E-state index is 0.0183. The fourth-order valence-electron chi connectivity index (χ4n) is 3.72. The number of rotatable bonds is 5. The molecular formula is C18H26ClN3O2. The molecule has 24 heavy (non-hydrogen) atoms. The number of ether oxygens (including phenoxy) is 1. The number of hydrogen-bond donors (Lipinski definition) is 1. The maximum absolute atomic E-state index is 12.3. The van der Waals surface area contributed by atoms with Crippen LogP contribution in [0.25, 0.3) is 0 Å². The summed E-state index contributed by atoms with van der Waals surface area (Å²) in [5, 5.41) is 3.50. The number of likely N-dealkylation sites (tertiary alicyclic amines) is 2. The fourth-order valence-corrected chi connectivity index (χ4v) is 3.89. The monoisotopic (exact) mass is 351 g/mol. The van der Waals surface area contributed by atoms with Gasteiger partial charge in [0.2, 0.25) is 5.91 Å². The molecular weight excluding hydrogens is 326 g/mol. The lowest BCUT2D eigenvalue weighted by atomic mass is 10.0. The van der Waals surface area contributed by atoms with Crippen LogP contribution in [0.15, 0.2) is 18.2 Å². The Morgan fingerprint density at radius 3 is 2.62 bits per heavy atom. The van der Waals surface area contributed by atoms with Crippen LogP contribution in [0.2, 0.25) is 5.02 Å². The zero-order valence-corrected chi connectivity index (χ0v) is 15.0. The fraction of sp³-hybridized carbons (Fsp3) is 0.611. The second-order valence-electron chi connectivity index (χ2n) is 6.64. The number of nitrogens with one attached hydrogen (secondary N) is 1. The lowest BCUT2D eigenvalue weighted by molar-refractivity contribution is -0.117. The Balaban J connectivity index is 1.48. The summed E-state index contributed by atoms with van der Waals surface area (Å²) in [6, 6.07) is 5.94. The molecule has 1 amide bonds. The van der Waals surface area contributed by atoms with Gasteiger partial charge in [-0.2, -0.15) is 0 Å². The molecule has 2 fully saturated rings. The molecule has 2 saturated heterocycles. The Kier molecular flexibility index (Phi) is 5.98. The minimum Gasteiger partial charge on any atom is -0.495 e. The summed E-state index contributed by atoms with van der Waals surface area (Å²) in [5.41, 5.74) is 0.627. The van der Waals surface area contributed by atoms with Crippen LogP contribution in [-0.4, -0.2) is 61.6 Å². The predicted molar refractivity (Wildman–Crippen MR) is 96.9 cm³/mol. The molecule has 5 nitrogen and oxygen atoms in total. The topological polar surface area (TPSA) is 44.8 Å². The molecule has 6 heteroatoms. The Bertz CT molecular complexity index is 567. The van der Waals surface area contributed by atoms with E-state index < -0.39 is 0 Å². The molecule has 0 spiro atoms. The van der Waals surface area contributed by atoms with E-state index in [0.29, 0.717) is 29.0 Å². The third-order valence-electron chi connectivity index (χ3n) is 5.02. The van der Waals surface area contributed by atoms with Crippen molar-refractivity contribution in [3.8, 4) is 5.75 Å². The summed E-state index contributed by atoms with van der Waals surface area (Å²) in [7, 11) is 1.59. The average molecular weight is 352 g/mol. The standard InChI is InChI=1S/C18H26ClN3O2/c1-24-17-5-4-14(19)12-16(17)20-18(23)13-21-10-6-15(7-11-21)22-8-2-3-9-22/h4-5,12,15H,2-3,6-11,13H2,1H3,(H,20,23). The van der Waals surface area contributed by atoms with Gasteiger partial charge in [-0.3, -0.25) is 9.69 Å². The summed E-state index contributed by atoms with van der Waals surface area (Å²) in [5.74, 6) is 0.607. The van der Waals surface area contributed by atoms with E-state index in [1.54, 1.807) is 25.3 Å². The van der Waals surface area contributed by atoms with E-state index in [1.807, 2.05) is 0 Å². The Morgan fingerprint density at radius 2 is 1.96 bits per heavy atom. The van der Waals surface area contributed by atoms with E-state index in [9.17, 15) is 4.79 Å².